The predicted octanol–water partition coefficient (Wildman–Crippen LogP) is 3.07. The maximum Gasteiger partial charge on any atom is 0.141 e. The van der Waals surface area contributed by atoms with Crippen molar-refractivity contribution in [2.24, 2.45) is 11.7 Å². The first kappa shape index (κ1) is 14.3. The van der Waals surface area contributed by atoms with Crippen molar-refractivity contribution in [1.82, 2.24) is 0 Å². The Kier molecular flexibility index (Phi) is 5.78. The van der Waals surface area contributed by atoms with Gasteiger partial charge in [0, 0.05) is 23.4 Å². The summed E-state index contributed by atoms with van der Waals surface area (Å²) in [6, 6.07) is 4.63. The van der Waals surface area contributed by atoms with Crippen LogP contribution in [0.25, 0.3) is 0 Å². The Hall–Kier alpha value is -0.740. The lowest BCUT2D eigenvalue weighted by molar-refractivity contribution is -0.122. The third kappa shape index (κ3) is 4.21. The predicted molar refractivity (Wildman–Crippen MR) is 70.3 cm³/mol. The number of benzene rings is 1. The van der Waals surface area contributed by atoms with Crippen LogP contribution in [0.3, 0.4) is 0 Å². The summed E-state index contributed by atoms with van der Waals surface area (Å²) in [4.78, 5) is 11.9. The first-order chi connectivity index (χ1) is 8.08. The van der Waals surface area contributed by atoms with Crippen molar-refractivity contribution in [1.29, 1.82) is 0 Å². The van der Waals surface area contributed by atoms with Gasteiger partial charge in [0.25, 0.3) is 0 Å². The minimum atomic E-state index is -0.339. The molecule has 0 fully saturated rings. The van der Waals surface area contributed by atoms with Crippen LogP contribution in [0.1, 0.15) is 25.3 Å². The molecule has 1 aromatic carbocycles. The van der Waals surface area contributed by atoms with E-state index in [0.717, 1.165) is 17.3 Å². The zero-order valence-corrected chi connectivity index (χ0v) is 11.5. The topological polar surface area (TPSA) is 43.1 Å². The minimum Gasteiger partial charge on any atom is -0.330 e. The standard InChI is InChI=1S/C13H17BrFNO/c1-2-3-9(8-16)13(17)7-10-6-11(14)4-5-12(10)15/h4-6,9H,2-3,7-8,16H2,1H3. The molecule has 0 amide bonds. The van der Waals surface area contributed by atoms with Gasteiger partial charge in [0.2, 0.25) is 0 Å². The summed E-state index contributed by atoms with van der Waals surface area (Å²) in [7, 11) is 0. The maximum absolute atomic E-state index is 13.5. The largest absolute Gasteiger partial charge is 0.330 e. The van der Waals surface area contributed by atoms with E-state index in [2.05, 4.69) is 15.9 Å². The Morgan fingerprint density at radius 3 is 2.82 bits per heavy atom. The first-order valence-corrected chi connectivity index (χ1v) is 6.54. The molecule has 1 aromatic rings. The number of ketones is 1. The van der Waals surface area contributed by atoms with Gasteiger partial charge in [0.1, 0.15) is 11.6 Å². The van der Waals surface area contributed by atoms with Crippen molar-refractivity contribution in [3.63, 3.8) is 0 Å². The zero-order valence-electron chi connectivity index (χ0n) is 9.88. The second-order valence-corrected chi connectivity index (χ2v) is 5.02. The molecule has 0 saturated carbocycles. The molecule has 94 valence electrons. The van der Waals surface area contributed by atoms with E-state index in [1.54, 1.807) is 12.1 Å². The molecule has 2 N–H and O–H groups in total. The normalized spacial score (nSPS) is 12.5. The van der Waals surface area contributed by atoms with Crippen molar-refractivity contribution in [3.8, 4) is 0 Å². The molecule has 1 atom stereocenters. The van der Waals surface area contributed by atoms with Gasteiger partial charge in [0.15, 0.2) is 0 Å². The molecular formula is C13H17BrFNO. The fourth-order valence-electron chi connectivity index (χ4n) is 1.77. The Morgan fingerprint density at radius 1 is 1.53 bits per heavy atom. The lowest BCUT2D eigenvalue weighted by Gasteiger charge is -2.12. The molecule has 0 aliphatic carbocycles. The van der Waals surface area contributed by atoms with Crippen molar-refractivity contribution < 1.29 is 9.18 Å². The number of hydrogen-bond donors (Lipinski definition) is 1. The van der Waals surface area contributed by atoms with Gasteiger partial charge in [0.05, 0.1) is 0 Å². The number of Topliss-reactive ketones (excluding diaryl/α,β-unsaturated/α-hetero) is 1. The van der Waals surface area contributed by atoms with Gasteiger partial charge < -0.3 is 5.73 Å². The van der Waals surface area contributed by atoms with Crippen LogP contribution in [0, 0.1) is 11.7 Å². The number of carbonyl (C=O) groups excluding carboxylic acids is 1. The molecule has 1 rings (SSSR count). The van der Waals surface area contributed by atoms with E-state index in [-0.39, 0.29) is 23.9 Å². The van der Waals surface area contributed by atoms with Gasteiger partial charge in [-0.25, -0.2) is 4.39 Å². The fraction of sp³-hybridized carbons (Fsp3) is 0.462. The first-order valence-electron chi connectivity index (χ1n) is 5.75. The summed E-state index contributed by atoms with van der Waals surface area (Å²) in [5, 5.41) is 0. The summed E-state index contributed by atoms with van der Waals surface area (Å²) in [5.41, 5.74) is 5.99. The number of nitrogens with two attached hydrogens (primary N) is 1. The number of halogens is 2. The molecule has 0 aliphatic rings. The van der Waals surface area contributed by atoms with Crippen LogP contribution in [0.15, 0.2) is 22.7 Å². The van der Waals surface area contributed by atoms with Gasteiger partial charge >= 0.3 is 0 Å². The summed E-state index contributed by atoms with van der Waals surface area (Å²) >= 11 is 3.27. The number of carbonyl (C=O) groups is 1. The highest BCUT2D eigenvalue weighted by Gasteiger charge is 2.17. The van der Waals surface area contributed by atoms with Crippen LogP contribution < -0.4 is 5.73 Å². The van der Waals surface area contributed by atoms with Crippen LogP contribution in [-0.4, -0.2) is 12.3 Å². The molecule has 0 aliphatic heterocycles. The van der Waals surface area contributed by atoms with E-state index < -0.39 is 0 Å². The van der Waals surface area contributed by atoms with E-state index in [4.69, 9.17) is 5.73 Å². The molecule has 0 aromatic heterocycles. The summed E-state index contributed by atoms with van der Waals surface area (Å²) in [6.07, 6.45) is 1.80. The second kappa shape index (κ2) is 6.87. The van der Waals surface area contributed by atoms with E-state index in [0.29, 0.717) is 12.1 Å². The summed E-state index contributed by atoms with van der Waals surface area (Å²) in [5.74, 6) is -0.474. The molecule has 0 heterocycles. The Balaban J connectivity index is 2.76. The lowest BCUT2D eigenvalue weighted by atomic mass is 9.94. The molecule has 4 heteroatoms. The van der Waals surface area contributed by atoms with Gasteiger partial charge in [-0.3, -0.25) is 4.79 Å². The van der Waals surface area contributed by atoms with Crippen molar-refractivity contribution in [2.75, 3.05) is 6.54 Å². The highest BCUT2D eigenvalue weighted by Crippen LogP contribution is 2.18. The van der Waals surface area contributed by atoms with Gasteiger partial charge in [-0.2, -0.15) is 0 Å². The van der Waals surface area contributed by atoms with Gasteiger partial charge in [-0.1, -0.05) is 29.3 Å². The third-order valence-corrected chi connectivity index (χ3v) is 3.24. The zero-order chi connectivity index (χ0) is 12.8. The van der Waals surface area contributed by atoms with Crippen molar-refractivity contribution in [2.45, 2.75) is 26.2 Å². The highest BCUT2D eigenvalue weighted by molar-refractivity contribution is 9.10. The lowest BCUT2D eigenvalue weighted by Crippen LogP contribution is -2.25. The summed E-state index contributed by atoms with van der Waals surface area (Å²) in [6.45, 7) is 2.35. The number of rotatable bonds is 6. The Labute approximate surface area is 110 Å². The van der Waals surface area contributed by atoms with Crippen LogP contribution in [0.5, 0.6) is 0 Å². The van der Waals surface area contributed by atoms with E-state index in [9.17, 15) is 9.18 Å². The highest BCUT2D eigenvalue weighted by atomic mass is 79.9. The van der Waals surface area contributed by atoms with E-state index >= 15 is 0 Å². The van der Waals surface area contributed by atoms with Gasteiger partial charge in [-0.05, 0) is 30.2 Å². The third-order valence-electron chi connectivity index (χ3n) is 2.75. The van der Waals surface area contributed by atoms with Crippen molar-refractivity contribution in [3.05, 3.63) is 34.1 Å². The molecule has 0 bridgehead atoms. The van der Waals surface area contributed by atoms with Crippen LogP contribution in [-0.2, 0) is 11.2 Å². The SMILES string of the molecule is CCCC(CN)C(=O)Cc1cc(Br)ccc1F. The molecule has 1 unspecified atom stereocenters. The molecule has 2 nitrogen and oxygen atoms in total. The summed E-state index contributed by atoms with van der Waals surface area (Å²) < 4.78 is 14.3. The molecular weight excluding hydrogens is 285 g/mol. The Morgan fingerprint density at radius 2 is 2.24 bits per heavy atom. The van der Waals surface area contributed by atoms with Crippen LogP contribution >= 0.6 is 15.9 Å². The minimum absolute atomic E-state index is 0.0198. The fourth-order valence-corrected chi connectivity index (χ4v) is 2.18. The second-order valence-electron chi connectivity index (χ2n) is 4.10. The van der Waals surface area contributed by atoms with E-state index in [1.807, 2.05) is 6.92 Å². The smallest absolute Gasteiger partial charge is 0.141 e. The average Bonchev–Trinajstić information content (AvgIpc) is 2.30. The van der Waals surface area contributed by atoms with Crippen LogP contribution in [0.2, 0.25) is 0 Å². The molecule has 0 radical (unpaired) electrons. The van der Waals surface area contributed by atoms with Gasteiger partial charge in [-0.15, -0.1) is 0 Å². The number of hydrogen-bond acceptors (Lipinski definition) is 2. The quantitative estimate of drug-likeness (QED) is 0.877. The molecule has 17 heavy (non-hydrogen) atoms. The molecule has 0 saturated heterocycles. The average molecular weight is 302 g/mol. The van der Waals surface area contributed by atoms with Crippen LogP contribution in [0.4, 0.5) is 4.39 Å². The maximum atomic E-state index is 13.5. The van der Waals surface area contributed by atoms with E-state index in [1.165, 1.54) is 6.07 Å². The molecule has 0 spiro atoms. The Bertz CT molecular complexity index is 395. The monoisotopic (exact) mass is 301 g/mol. The van der Waals surface area contributed by atoms with Crippen molar-refractivity contribution >= 4 is 21.7 Å².